The molecule has 3 N–H and O–H groups in total. The summed E-state index contributed by atoms with van der Waals surface area (Å²) in [5.74, 6) is 0.613. The maximum Gasteiger partial charge on any atom is 0.223 e. The smallest absolute Gasteiger partial charge is 0.223 e. The van der Waals surface area contributed by atoms with Gasteiger partial charge < -0.3 is 11.1 Å². The van der Waals surface area contributed by atoms with Crippen LogP contribution in [0.1, 0.15) is 5.56 Å². The predicted octanol–water partition coefficient (Wildman–Crippen LogP) is 2.82. The van der Waals surface area contributed by atoms with Crippen LogP contribution < -0.4 is 11.1 Å². The molecular weight excluding hydrogens is 236 g/mol. The first-order valence-electron chi connectivity index (χ1n) is 6.12. The summed E-state index contributed by atoms with van der Waals surface area (Å²) < 4.78 is 0. The monoisotopic (exact) mass is 250 g/mol. The van der Waals surface area contributed by atoms with Gasteiger partial charge in [-0.15, -0.1) is 0 Å². The molecule has 3 rings (SSSR count). The first kappa shape index (κ1) is 11.5. The normalized spacial score (nSPS) is 10.5. The van der Waals surface area contributed by atoms with E-state index in [0.717, 1.165) is 22.2 Å². The van der Waals surface area contributed by atoms with Gasteiger partial charge in [0, 0.05) is 23.8 Å². The van der Waals surface area contributed by atoms with Gasteiger partial charge >= 0.3 is 0 Å². The molecule has 1 aromatic heterocycles. The van der Waals surface area contributed by atoms with Crippen molar-refractivity contribution in [3.8, 4) is 0 Å². The number of nitrogens with zero attached hydrogens (tertiary/aromatic N) is 2. The molecule has 0 aliphatic heterocycles. The van der Waals surface area contributed by atoms with Gasteiger partial charge in [-0.05, 0) is 17.7 Å². The Kier molecular flexibility index (Phi) is 2.98. The lowest BCUT2D eigenvalue weighted by Gasteiger charge is -2.07. The van der Waals surface area contributed by atoms with E-state index < -0.39 is 0 Å². The highest BCUT2D eigenvalue weighted by atomic mass is 15.1. The average Bonchev–Trinajstić information content (AvgIpc) is 2.46. The van der Waals surface area contributed by atoms with Gasteiger partial charge in [0.25, 0.3) is 0 Å². The number of hydrogen-bond acceptors (Lipinski definition) is 4. The van der Waals surface area contributed by atoms with E-state index in [2.05, 4.69) is 15.3 Å². The van der Waals surface area contributed by atoms with Gasteiger partial charge in [0.15, 0.2) is 0 Å². The summed E-state index contributed by atoms with van der Waals surface area (Å²) in [6.45, 7) is 0.616. The lowest BCUT2D eigenvalue weighted by atomic mass is 10.2. The van der Waals surface area contributed by atoms with E-state index in [9.17, 15) is 0 Å². The van der Waals surface area contributed by atoms with Crippen LogP contribution in [0.4, 0.5) is 11.6 Å². The summed E-state index contributed by atoms with van der Waals surface area (Å²) >= 11 is 0. The minimum atomic E-state index is 0.613. The first-order chi connectivity index (χ1) is 9.33. The van der Waals surface area contributed by atoms with Crippen LogP contribution in [-0.4, -0.2) is 9.97 Å². The number of nitrogen functional groups attached to an aromatic ring is 1. The Hall–Kier alpha value is -2.62. The van der Waals surface area contributed by atoms with E-state index in [4.69, 9.17) is 5.73 Å². The van der Waals surface area contributed by atoms with Gasteiger partial charge in [0.2, 0.25) is 5.95 Å². The van der Waals surface area contributed by atoms with Gasteiger partial charge in [0.05, 0.1) is 5.52 Å². The first-order valence-corrected chi connectivity index (χ1v) is 6.12. The van der Waals surface area contributed by atoms with E-state index in [1.165, 1.54) is 0 Å². The molecule has 0 fully saturated rings. The van der Waals surface area contributed by atoms with Gasteiger partial charge in [-0.25, -0.2) is 9.97 Å². The van der Waals surface area contributed by atoms with Crippen molar-refractivity contribution < 1.29 is 0 Å². The molecular formula is C15H14N4. The van der Waals surface area contributed by atoms with Crippen molar-refractivity contribution in [2.24, 2.45) is 0 Å². The molecule has 4 nitrogen and oxygen atoms in total. The van der Waals surface area contributed by atoms with Crippen molar-refractivity contribution in [1.29, 1.82) is 0 Å². The summed E-state index contributed by atoms with van der Waals surface area (Å²) in [6, 6.07) is 15.7. The van der Waals surface area contributed by atoms with Crippen LogP contribution in [0.2, 0.25) is 0 Å². The second-order valence-corrected chi connectivity index (χ2v) is 4.30. The minimum absolute atomic E-state index is 0.613. The van der Waals surface area contributed by atoms with Gasteiger partial charge in [-0.1, -0.05) is 36.4 Å². The second-order valence-electron chi connectivity index (χ2n) is 4.30. The molecule has 1 heterocycles. The quantitative estimate of drug-likeness (QED) is 0.702. The molecule has 0 saturated carbocycles. The Morgan fingerprint density at radius 2 is 1.79 bits per heavy atom. The van der Waals surface area contributed by atoms with E-state index >= 15 is 0 Å². The highest BCUT2D eigenvalue weighted by Gasteiger charge is 2.01. The number of aromatic nitrogens is 2. The predicted molar refractivity (Wildman–Crippen MR) is 77.7 cm³/mol. The summed E-state index contributed by atoms with van der Waals surface area (Å²) in [7, 11) is 0. The van der Waals surface area contributed by atoms with Crippen molar-refractivity contribution in [2.45, 2.75) is 6.54 Å². The zero-order chi connectivity index (χ0) is 13.1. The maximum atomic E-state index is 5.89. The van der Waals surface area contributed by atoms with Gasteiger partial charge in [-0.3, -0.25) is 0 Å². The Bertz CT molecular complexity index is 709. The molecule has 3 aromatic rings. The Morgan fingerprint density at radius 3 is 2.68 bits per heavy atom. The average molecular weight is 250 g/mol. The molecule has 0 spiro atoms. The number of fused-ring (bicyclic) bond motifs is 1. The Balaban J connectivity index is 1.80. The van der Waals surface area contributed by atoms with Crippen molar-refractivity contribution in [3.05, 3.63) is 60.3 Å². The number of benzene rings is 2. The van der Waals surface area contributed by atoms with Crippen LogP contribution in [0.15, 0.2) is 54.7 Å². The molecule has 0 saturated heterocycles. The second kappa shape index (κ2) is 4.94. The lowest BCUT2D eigenvalue weighted by Crippen LogP contribution is -2.05. The van der Waals surface area contributed by atoms with Crippen molar-refractivity contribution in [2.75, 3.05) is 11.1 Å². The Labute approximate surface area is 111 Å². The van der Waals surface area contributed by atoms with E-state index in [0.29, 0.717) is 12.5 Å². The van der Waals surface area contributed by atoms with Crippen LogP contribution >= 0.6 is 0 Å². The summed E-state index contributed by atoms with van der Waals surface area (Å²) in [6.07, 6.45) is 1.82. The van der Waals surface area contributed by atoms with Crippen LogP contribution in [0.3, 0.4) is 0 Å². The number of anilines is 2. The fourth-order valence-electron chi connectivity index (χ4n) is 1.93. The number of para-hydroxylation sites is 2. The number of nitrogens with two attached hydrogens (primary N) is 1. The maximum absolute atomic E-state index is 5.89. The van der Waals surface area contributed by atoms with Gasteiger partial charge in [-0.2, -0.15) is 0 Å². The highest BCUT2D eigenvalue weighted by molar-refractivity contribution is 5.78. The van der Waals surface area contributed by atoms with Crippen LogP contribution in [0, 0.1) is 0 Å². The van der Waals surface area contributed by atoms with E-state index in [1.54, 1.807) is 0 Å². The molecule has 94 valence electrons. The number of rotatable bonds is 3. The minimum Gasteiger partial charge on any atom is -0.398 e. The third-order valence-corrected chi connectivity index (χ3v) is 2.98. The van der Waals surface area contributed by atoms with Crippen molar-refractivity contribution in [1.82, 2.24) is 9.97 Å². The topological polar surface area (TPSA) is 63.8 Å². The third-order valence-electron chi connectivity index (χ3n) is 2.98. The molecule has 0 aliphatic carbocycles. The lowest BCUT2D eigenvalue weighted by molar-refractivity contribution is 1.07. The fourth-order valence-corrected chi connectivity index (χ4v) is 1.93. The SMILES string of the molecule is Nc1ccccc1CNc1ncc2ccccc2n1. The summed E-state index contributed by atoms with van der Waals surface area (Å²) in [4.78, 5) is 8.75. The molecule has 0 aliphatic rings. The molecule has 0 atom stereocenters. The largest absolute Gasteiger partial charge is 0.398 e. The van der Waals surface area contributed by atoms with Crippen LogP contribution in [-0.2, 0) is 6.54 Å². The molecule has 19 heavy (non-hydrogen) atoms. The summed E-state index contributed by atoms with van der Waals surface area (Å²) in [5, 5.41) is 4.23. The molecule has 0 radical (unpaired) electrons. The van der Waals surface area contributed by atoms with Gasteiger partial charge in [0.1, 0.15) is 0 Å². The van der Waals surface area contributed by atoms with Crippen molar-refractivity contribution >= 4 is 22.5 Å². The van der Waals surface area contributed by atoms with Crippen molar-refractivity contribution in [3.63, 3.8) is 0 Å². The molecule has 0 amide bonds. The number of hydrogen-bond donors (Lipinski definition) is 2. The zero-order valence-corrected chi connectivity index (χ0v) is 10.4. The van der Waals surface area contributed by atoms with E-state index in [1.807, 2.05) is 54.7 Å². The molecule has 2 aromatic carbocycles. The Morgan fingerprint density at radius 1 is 1.00 bits per heavy atom. The van der Waals surface area contributed by atoms with Crippen LogP contribution in [0.5, 0.6) is 0 Å². The standard InChI is InChI=1S/C15H14N4/c16-13-7-3-1-5-11(13)9-17-15-18-10-12-6-2-4-8-14(12)19-15/h1-8,10H,9,16H2,(H,17,18,19). The fraction of sp³-hybridized carbons (Fsp3) is 0.0667. The van der Waals surface area contributed by atoms with E-state index in [-0.39, 0.29) is 0 Å². The highest BCUT2D eigenvalue weighted by Crippen LogP contribution is 2.14. The molecule has 4 heteroatoms. The molecule has 0 unspecified atom stereocenters. The van der Waals surface area contributed by atoms with Crippen LogP contribution in [0.25, 0.3) is 10.9 Å². The molecule has 0 bridgehead atoms. The third kappa shape index (κ3) is 2.47. The zero-order valence-electron chi connectivity index (χ0n) is 10.4. The summed E-state index contributed by atoms with van der Waals surface area (Å²) in [5.41, 5.74) is 8.64. The number of nitrogens with one attached hydrogen (secondary N) is 1.